The number of ether oxygens (including phenoxy) is 2. The summed E-state index contributed by atoms with van der Waals surface area (Å²) in [6.45, 7) is 1.10. The predicted molar refractivity (Wildman–Crippen MR) is 113 cm³/mol. The van der Waals surface area contributed by atoms with E-state index in [4.69, 9.17) is 18.5 Å². The zero-order chi connectivity index (χ0) is 23.6. The second-order valence-electron chi connectivity index (χ2n) is 7.77. The van der Waals surface area contributed by atoms with Gasteiger partial charge < -0.3 is 14.6 Å². The van der Waals surface area contributed by atoms with Crippen molar-refractivity contribution in [2.75, 3.05) is 13.2 Å². The largest absolute Gasteiger partial charge is 0.460 e. The fourth-order valence-electron chi connectivity index (χ4n) is 3.63. The Morgan fingerprint density at radius 2 is 2.00 bits per heavy atom. The first kappa shape index (κ1) is 23.6. The normalized spacial score (nSPS) is 30.2. The third-order valence-electron chi connectivity index (χ3n) is 5.42. The summed E-state index contributed by atoms with van der Waals surface area (Å²) in [4.78, 5) is 37.7. The van der Waals surface area contributed by atoms with Gasteiger partial charge >= 0.3 is 19.4 Å². The van der Waals surface area contributed by atoms with Crippen molar-refractivity contribution < 1.29 is 33.0 Å². The van der Waals surface area contributed by atoms with Crippen LogP contribution in [-0.2, 0) is 34.5 Å². The number of hydrogen-bond donors (Lipinski definition) is 3. The summed E-state index contributed by atoms with van der Waals surface area (Å²) >= 11 is 0. The molecule has 2 aromatic rings. The fraction of sp³-hybridized carbons (Fsp3) is 0.450. The van der Waals surface area contributed by atoms with E-state index >= 15 is 0 Å². The predicted octanol–water partition coefficient (Wildman–Crippen LogP) is 0.288. The molecule has 178 valence electrons. The maximum atomic E-state index is 13.0. The second kappa shape index (κ2) is 9.72. The number of aromatic amines is 1. The van der Waals surface area contributed by atoms with Crippen molar-refractivity contribution in [3.8, 4) is 0 Å². The van der Waals surface area contributed by atoms with Crippen LogP contribution in [0.2, 0.25) is 0 Å². The van der Waals surface area contributed by atoms with Gasteiger partial charge in [-0.2, -0.15) is 0 Å². The lowest BCUT2D eigenvalue weighted by Crippen LogP contribution is -2.37. The Morgan fingerprint density at radius 3 is 2.73 bits per heavy atom. The van der Waals surface area contributed by atoms with Crippen LogP contribution < -0.4 is 16.3 Å². The summed E-state index contributed by atoms with van der Waals surface area (Å²) in [5.74, 6) is -1.30. The highest BCUT2D eigenvalue weighted by Crippen LogP contribution is 2.50. The number of esters is 1. The van der Waals surface area contributed by atoms with Crippen LogP contribution in [-0.4, -0.2) is 52.1 Å². The number of nitrogens with zero attached hydrogens (tertiary/aromatic N) is 1. The van der Waals surface area contributed by atoms with E-state index in [1.807, 2.05) is 30.3 Å². The number of aliphatic hydroxyl groups is 1. The van der Waals surface area contributed by atoms with Gasteiger partial charge in [0.2, 0.25) is 0 Å². The van der Waals surface area contributed by atoms with Crippen LogP contribution in [0.4, 0.5) is 0 Å². The lowest BCUT2D eigenvalue weighted by atomic mass is 9.99. The zero-order valence-corrected chi connectivity index (χ0v) is 18.6. The second-order valence-corrected chi connectivity index (χ2v) is 9.54. The molecule has 2 aliphatic rings. The van der Waals surface area contributed by atoms with E-state index in [2.05, 4.69) is 10.1 Å². The molecule has 2 aliphatic heterocycles. The molecule has 3 N–H and O–H groups in total. The maximum absolute atomic E-state index is 13.0. The van der Waals surface area contributed by atoms with Crippen LogP contribution in [0.3, 0.4) is 0 Å². The minimum atomic E-state index is -3.91. The minimum absolute atomic E-state index is 0.0629. The SMILES string of the molecule is C[C@@H](NP1(=O)OC[C@H]2[C@@H](O)[C@H](n3ccc(=O)[nH]c3=O)O[C@@H]2CO1)C(=O)OCc1ccccc1. The topological polar surface area (TPSA) is 158 Å². The summed E-state index contributed by atoms with van der Waals surface area (Å²) in [5, 5.41) is 13.2. The van der Waals surface area contributed by atoms with Gasteiger partial charge in [-0.05, 0) is 12.5 Å². The Kier molecular flexibility index (Phi) is 6.94. The Hall–Kier alpha value is -2.60. The molecule has 0 saturated carbocycles. The molecule has 3 heterocycles. The highest BCUT2D eigenvalue weighted by atomic mass is 31.2. The first-order valence-corrected chi connectivity index (χ1v) is 11.8. The molecule has 1 aromatic heterocycles. The van der Waals surface area contributed by atoms with E-state index in [0.29, 0.717) is 0 Å². The molecule has 6 atom stereocenters. The third-order valence-corrected chi connectivity index (χ3v) is 7.10. The van der Waals surface area contributed by atoms with Crippen molar-refractivity contribution in [3.05, 3.63) is 69.0 Å². The molecule has 0 amide bonds. The molecule has 2 fully saturated rings. The van der Waals surface area contributed by atoms with Gasteiger partial charge in [-0.3, -0.25) is 28.2 Å². The number of H-pyrrole nitrogens is 1. The molecular weight excluding hydrogens is 457 g/mol. The fourth-order valence-corrected chi connectivity index (χ4v) is 5.14. The number of rotatable bonds is 6. The number of aliphatic hydroxyl groups excluding tert-OH is 1. The molecule has 0 spiro atoms. The number of nitrogens with one attached hydrogen (secondary N) is 2. The number of carbonyl (C=O) groups excluding carboxylic acids is 1. The Labute approximate surface area is 188 Å². The molecule has 0 bridgehead atoms. The smallest absolute Gasteiger partial charge is 0.406 e. The molecule has 12 nitrogen and oxygen atoms in total. The summed E-state index contributed by atoms with van der Waals surface area (Å²) in [7, 11) is -3.91. The first-order valence-electron chi connectivity index (χ1n) is 10.3. The van der Waals surface area contributed by atoms with Crippen LogP contribution in [0.5, 0.6) is 0 Å². The van der Waals surface area contributed by atoms with Gasteiger partial charge in [0.25, 0.3) is 5.56 Å². The molecule has 0 radical (unpaired) electrons. The molecule has 1 aromatic carbocycles. The van der Waals surface area contributed by atoms with Gasteiger partial charge in [0.05, 0.1) is 19.3 Å². The lowest BCUT2D eigenvalue weighted by molar-refractivity contribution is -0.146. The molecule has 2 saturated heterocycles. The number of hydrogen-bond acceptors (Lipinski definition) is 9. The van der Waals surface area contributed by atoms with Gasteiger partial charge in [-0.25, -0.2) is 14.4 Å². The summed E-state index contributed by atoms with van der Waals surface area (Å²) < 4.78 is 35.9. The Balaban J connectivity index is 1.35. The van der Waals surface area contributed by atoms with Gasteiger partial charge in [-0.15, -0.1) is 0 Å². The first-order chi connectivity index (χ1) is 15.8. The van der Waals surface area contributed by atoms with Crippen molar-refractivity contribution in [2.24, 2.45) is 5.92 Å². The zero-order valence-electron chi connectivity index (χ0n) is 17.7. The van der Waals surface area contributed by atoms with Gasteiger partial charge in [0.1, 0.15) is 18.8 Å². The van der Waals surface area contributed by atoms with Crippen LogP contribution >= 0.6 is 7.75 Å². The minimum Gasteiger partial charge on any atom is -0.460 e. The van der Waals surface area contributed by atoms with Crippen molar-refractivity contribution in [1.29, 1.82) is 0 Å². The van der Waals surface area contributed by atoms with Crippen molar-refractivity contribution >= 4 is 13.7 Å². The summed E-state index contributed by atoms with van der Waals surface area (Å²) in [6, 6.07) is 9.25. The maximum Gasteiger partial charge on any atom is 0.406 e. The highest BCUT2D eigenvalue weighted by Gasteiger charge is 2.49. The lowest BCUT2D eigenvalue weighted by Gasteiger charge is -2.22. The molecule has 13 heteroatoms. The Morgan fingerprint density at radius 1 is 1.27 bits per heavy atom. The van der Waals surface area contributed by atoms with E-state index in [1.165, 1.54) is 13.1 Å². The van der Waals surface area contributed by atoms with E-state index < -0.39 is 55.4 Å². The summed E-state index contributed by atoms with van der Waals surface area (Å²) in [5.41, 5.74) is -0.505. The van der Waals surface area contributed by atoms with Crippen molar-refractivity contribution in [3.63, 3.8) is 0 Å². The number of fused-ring (bicyclic) bond motifs is 1. The standard InChI is InChI=1S/C20H24N3O9P/c1-12(19(26)29-9-13-5-3-2-4-6-13)22-33(28)30-10-14-15(11-31-33)32-18(17(14)25)23-8-7-16(24)21-20(23)27/h2-8,12,14-15,17-18,25H,9-11H2,1H3,(H,22,28)(H,21,24,27)/t12-,14-,15-,17-,18-,33?/m1/s1. The molecular formula is C20H24N3O9P. The summed E-state index contributed by atoms with van der Waals surface area (Å²) in [6.07, 6.45) is -1.78. The van der Waals surface area contributed by atoms with E-state index in [-0.39, 0.29) is 19.8 Å². The quantitative estimate of drug-likeness (QED) is 0.387. The van der Waals surface area contributed by atoms with E-state index in [9.17, 15) is 24.1 Å². The molecule has 0 aliphatic carbocycles. The monoisotopic (exact) mass is 481 g/mol. The average Bonchev–Trinajstić information content (AvgIpc) is 3.00. The number of carbonyl (C=O) groups is 1. The number of aromatic nitrogens is 2. The molecule has 1 unspecified atom stereocenters. The van der Waals surface area contributed by atoms with Crippen LogP contribution in [0.15, 0.2) is 52.2 Å². The van der Waals surface area contributed by atoms with E-state index in [0.717, 1.165) is 16.2 Å². The van der Waals surface area contributed by atoms with Crippen LogP contribution in [0, 0.1) is 5.92 Å². The molecule has 4 rings (SSSR count). The average molecular weight is 481 g/mol. The highest BCUT2D eigenvalue weighted by molar-refractivity contribution is 7.51. The van der Waals surface area contributed by atoms with Crippen molar-refractivity contribution in [1.82, 2.24) is 14.6 Å². The van der Waals surface area contributed by atoms with Crippen molar-refractivity contribution in [2.45, 2.75) is 38.0 Å². The van der Waals surface area contributed by atoms with Gasteiger partial charge in [0.15, 0.2) is 6.23 Å². The van der Waals surface area contributed by atoms with Crippen LogP contribution in [0.25, 0.3) is 0 Å². The van der Waals surface area contributed by atoms with Gasteiger partial charge in [-0.1, -0.05) is 30.3 Å². The Bertz CT molecular complexity index is 1150. The van der Waals surface area contributed by atoms with E-state index in [1.54, 1.807) is 0 Å². The van der Waals surface area contributed by atoms with Gasteiger partial charge in [0, 0.05) is 18.2 Å². The van der Waals surface area contributed by atoms with Crippen LogP contribution in [0.1, 0.15) is 18.7 Å². The number of benzene rings is 1. The molecule has 33 heavy (non-hydrogen) atoms. The third kappa shape index (κ3) is 5.32.